The van der Waals surface area contributed by atoms with Gasteiger partial charge in [0.25, 0.3) is 0 Å². The van der Waals surface area contributed by atoms with Crippen molar-refractivity contribution in [1.29, 1.82) is 0 Å². The van der Waals surface area contributed by atoms with Crippen LogP contribution in [0.1, 0.15) is 23.7 Å². The van der Waals surface area contributed by atoms with E-state index in [1.54, 1.807) is 7.11 Å². The number of hydrogen-bond donors (Lipinski definition) is 1. The van der Waals surface area contributed by atoms with Gasteiger partial charge in [0, 0.05) is 27.2 Å². The lowest BCUT2D eigenvalue weighted by Crippen LogP contribution is -2.40. The van der Waals surface area contributed by atoms with E-state index in [4.69, 9.17) is 16.3 Å². The molecule has 0 aliphatic carbocycles. The summed E-state index contributed by atoms with van der Waals surface area (Å²) in [5, 5.41) is 2.95. The first-order chi connectivity index (χ1) is 11.4. The minimum Gasteiger partial charge on any atom is -0.465 e. The molecule has 132 valence electrons. The summed E-state index contributed by atoms with van der Waals surface area (Å²) in [6.45, 7) is 2.09. The molecule has 2 amide bonds. The SMILES string of the molecule is COCCCNC(=O)CN(C(C)=O)c1cc(C(=O)OC)ccc1Cl. The van der Waals surface area contributed by atoms with Gasteiger partial charge in [-0.15, -0.1) is 0 Å². The molecule has 1 aromatic carbocycles. The number of methoxy groups -OCH3 is 2. The van der Waals surface area contributed by atoms with Crippen LogP contribution in [0.3, 0.4) is 0 Å². The summed E-state index contributed by atoms with van der Waals surface area (Å²) in [6.07, 6.45) is 0.668. The van der Waals surface area contributed by atoms with Crippen LogP contribution in [0.2, 0.25) is 5.02 Å². The molecule has 0 heterocycles. The number of esters is 1. The zero-order valence-electron chi connectivity index (χ0n) is 13.9. The first-order valence-electron chi connectivity index (χ1n) is 7.32. The van der Waals surface area contributed by atoms with E-state index in [0.717, 1.165) is 0 Å². The second-order valence-electron chi connectivity index (χ2n) is 4.96. The molecule has 0 unspecified atom stereocenters. The number of hydrogen-bond acceptors (Lipinski definition) is 5. The van der Waals surface area contributed by atoms with Crippen LogP contribution in [0.25, 0.3) is 0 Å². The molecule has 0 atom stereocenters. The molecule has 1 N–H and O–H groups in total. The van der Waals surface area contributed by atoms with Gasteiger partial charge in [-0.1, -0.05) is 11.6 Å². The van der Waals surface area contributed by atoms with Gasteiger partial charge in [0.05, 0.1) is 23.4 Å². The highest BCUT2D eigenvalue weighted by Gasteiger charge is 2.20. The van der Waals surface area contributed by atoms with Crippen molar-refractivity contribution < 1.29 is 23.9 Å². The molecule has 0 aliphatic rings. The van der Waals surface area contributed by atoms with Gasteiger partial charge in [-0.05, 0) is 24.6 Å². The minimum absolute atomic E-state index is 0.202. The first-order valence-corrected chi connectivity index (χ1v) is 7.70. The third kappa shape index (κ3) is 5.82. The number of anilines is 1. The maximum absolute atomic E-state index is 12.0. The van der Waals surface area contributed by atoms with Crippen molar-refractivity contribution in [2.75, 3.05) is 38.8 Å². The molecule has 1 aromatic rings. The summed E-state index contributed by atoms with van der Waals surface area (Å²) >= 11 is 6.12. The lowest BCUT2D eigenvalue weighted by Gasteiger charge is -2.22. The van der Waals surface area contributed by atoms with E-state index in [-0.39, 0.29) is 34.6 Å². The Hall–Kier alpha value is -2.12. The highest BCUT2D eigenvalue weighted by molar-refractivity contribution is 6.34. The van der Waals surface area contributed by atoms with Crippen molar-refractivity contribution in [2.45, 2.75) is 13.3 Å². The molecule has 0 aliphatic heterocycles. The minimum atomic E-state index is -0.555. The number of nitrogens with one attached hydrogen (secondary N) is 1. The molecule has 0 spiro atoms. The highest BCUT2D eigenvalue weighted by atomic mass is 35.5. The maximum Gasteiger partial charge on any atom is 0.337 e. The number of benzene rings is 1. The summed E-state index contributed by atoms with van der Waals surface area (Å²) in [7, 11) is 2.84. The molecule has 0 saturated carbocycles. The molecule has 8 heteroatoms. The van der Waals surface area contributed by atoms with Gasteiger partial charge < -0.3 is 19.7 Å². The molecule has 0 fully saturated rings. The fraction of sp³-hybridized carbons (Fsp3) is 0.438. The van der Waals surface area contributed by atoms with Gasteiger partial charge in [0.15, 0.2) is 0 Å². The van der Waals surface area contributed by atoms with Crippen LogP contribution >= 0.6 is 11.6 Å². The van der Waals surface area contributed by atoms with E-state index >= 15 is 0 Å². The van der Waals surface area contributed by atoms with Crippen molar-refractivity contribution in [1.82, 2.24) is 5.32 Å². The Morgan fingerprint density at radius 1 is 1.25 bits per heavy atom. The van der Waals surface area contributed by atoms with Crippen LogP contribution in [0.5, 0.6) is 0 Å². The van der Waals surface area contributed by atoms with Gasteiger partial charge in [-0.2, -0.15) is 0 Å². The van der Waals surface area contributed by atoms with Crippen LogP contribution in [0, 0.1) is 0 Å². The maximum atomic E-state index is 12.0. The number of ether oxygens (including phenoxy) is 2. The third-order valence-electron chi connectivity index (χ3n) is 3.19. The van der Waals surface area contributed by atoms with E-state index in [1.165, 1.54) is 37.1 Å². The number of rotatable bonds is 8. The van der Waals surface area contributed by atoms with Gasteiger partial charge in [-0.25, -0.2) is 4.79 Å². The van der Waals surface area contributed by atoms with E-state index in [1.807, 2.05) is 0 Å². The quantitative estimate of drug-likeness (QED) is 0.565. The molecule has 0 radical (unpaired) electrons. The number of amides is 2. The molecule has 0 bridgehead atoms. The second kappa shape index (κ2) is 9.89. The summed E-state index contributed by atoms with van der Waals surface area (Å²) in [5.41, 5.74) is 0.516. The fourth-order valence-electron chi connectivity index (χ4n) is 1.97. The van der Waals surface area contributed by atoms with Gasteiger partial charge in [-0.3, -0.25) is 9.59 Å². The zero-order chi connectivity index (χ0) is 18.1. The lowest BCUT2D eigenvalue weighted by atomic mass is 10.2. The van der Waals surface area contributed by atoms with E-state index in [2.05, 4.69) is 10.1 Å². The van der Waals surface area contributed by atoms with Gasteiger partial charge >= 0.3 is 5.97 Å². The normalized spacial score (nSPS) is 10.2. The Morgan fingerprint density at radius 2 is 1.96 bits per heavy atom. The Balaban J connectivity index is 2.90. The summed E-state index contributed by atoms with van der Waals surface area (Å²) in [6, 6.07) is 4.39. The molecular weight excluding hydrogens is 336 g/mol. The van der Waals surface area contributed by atoms with Crippen LogP contribution in [-0.4, -0.2) is 51.7 Å². The monoisotopic (exact) mass is 356 g/mol. The number of halogens is 1. The van der Waals surface area contributed by atoms with Crippen LogP contribution < -0.4 is 10.2 Å². The summed E-state index contributed by atoms with van der Waals surface area (Å²) in [5.74, 6) is -1.26. The van der Waals surface area contributed by atoms with Gasteiger partial charge in [0.1, 0.15) is 6.54 Å². The topological polar surface area (TPSA) is 84.9 Å². The largest absolute Gasteiger partial charge is 0.465 e. The van der Waals surface area contributed by atoms with Crippen molar-refractivity contribution in [3.63, 3.8) is 0 Å². The van der Waals surface area contributed by atoms with Crippen molar-refractivity contribution >= 4 is 35.1 Å². The Labute approximate surface area is 145 Å². The fourth-order valence-corrected chi connectivity index (χ4v) is 2.19. The van der Waals surface area contributed by atoms with E-state index in [9.17, 15) is 14.4 Å². The predicted molar refractivity (Wildman–Crippen MR) is 90.3 cm³/mol. The standard InChI is InChI=1S/C16H21ClN2O5/c1-11(20)19(10-15(21)18-7-4-8-23-2)14-9-12(16(22)24-3)5-6-13(14)17/h5-6,9H,4,7-8,10H2,1-3H3,(H,18,21). The van der Waals surface area contributed by atoms with Crippen LogP contribution in [-0.2, 0) is 19.1 Å². The number of nitrogens with zero attached hydrogens (tertiary/aromatic N) is 1. The number of carbonyl (C=O) groups excluding carboxylic acids is 3. The molecule has 0 saturated heterocycles. The lowest BCUT2D eigenvalue weighted by molar-refractivity contribution is -0.123. The summed E-state index contributed by atoms with van der Waals surface area (Å²) < 4.78 is 9.55. The Kier molecular flexibility index (Phi) is 8.21. The van der Waals surface area contributed by atoms with Crippen molar-refractivity contribution in [3.8, 4) is 0 Å². The van der Waals surface area contributed by atoms with Crippen molar-refractivity contribution in [3.05, 3.63) is 28.8 Å². The average molecular weight is 357 g/mol. The third-order valence-corrected chi connectivity index (χ3v) is 3.51. The van der Waals surface area contributed by atoms with Gasteiger partial charge in [0.2, 0.25) is 11.8 Å². The molecule has 1 rings (SSSR count). The smallest absolute Gasteiger partial charge is 0.337 e. The van der Waals surface area contributed by atoms with E-state index in [0.29, 0.717) is 19.6 Å². The van der Waals surface area contributed by atoms with E-state index < -0.39 is 5.97 Å². The Bertz CT molecular complexity index is 606. The molecular formula is C16H21ClN2O5. The summed E-state index contributed by atoms with van der Waals surface area (Å²) in [4.78, 5) is 36.8. The van der Waals surface area contributed by atoms with Crippen LogP contribution in [0.4, 0.5) is 5.69 Å². The molecule has 0 aromatic heterocycles. The zero-order valence-corrected chi connectivity index (χ0v) is 14.7. The Morgan fingerprint density at radius 3 is 2.54 bits per heavy atom. The number of carbonyl (C=O) groups is 3. The van der Waals surface area contributed by atoms with Crippen molar-refractivity contribution in [2.24, 2.45) is 0 Å². The predicted octanol–water partition coefficient (Wildman–Crippen LogP) is 1.63. The molecule has 24 heavy (non-hydrogen) atoms. The van der Waals surface area contributed by atoms with Crippen LogP contribution in [0.15, 0.2) is 18.2 Å². The second-order valence-corrected chi connectivity index (χ2v) is 5.37. The highest BCUT2D eigenvalue weighted by Crippen LogP contribution is 2.27. The average Bonchev–Trinajstić information content (AvgIpc) is 2.56. The molecule has 7 nitrogen and oxygen atoms in total. The first kappa shape index (κ1) is 19.9.